The molecule has 102 valence electrons. The van der Waals surface area contributed by atoms with Crippen LogP contribution in [0.15, 0.2) is 12.2 Å². The number of nitrogens with one attached hydrogen (secondary N) is 2. The normalized spacial score (nSPS) is 20.2. The van der Waals surface area contributed by atoms with E-state index >= 15 is 0 Å². The van der Waals surface area contributed by atoms with Gasteiger partial charge in [0.2, 0.25) is 0 Å². The quantitative estimate of drug-likeness (QED) is 0.633. The second-order valence-electron chi connectivity index (χ2n) is 4.84. The molecule has 5 heteroatoms. The fourth-order valence-corrected chi connectivity index (χ4v) is 1.97. The molecule has 1 aliphatic carbocycles. The van der Waals surface area contributed by atoms with E-state index in [1.54, 1.807) is 0 Å². The molecule has 2 unspecified atom stereocenters. The average Bonchev–Trinajstić information content (AvgIpc) is 2.35. The first-order chi connectivity index (χ1) is 8.58. The van der Waals surface area contributed by atoms with Crippen LogP contribution in [0.25, 0.3) is 0 Å². The van der Waals surface area contributed by atoms with Crippen LogP contribution in [-0.4, -0.2) is 29.7 Å². The summed E-state index contributed by atoms with van der Waals surface area (Å²) in [6.45, 7) is 2.49. The molecule has 0 spiro atoms. The number of carbonyl (C=O) groups excluding carboxylic acids is 1. The highest BCUT2D eigenvalue weighted by Crippen LogP contribution is 2.16. The molecule has 18 heavy (non-hydrogen) atoms. The number of carbonyl (C=O) groups is 2. The van der Waals surface area contributed by atoms with Gasteiger partial charge in [-0.15, -0.1) is 0 Å². The summed E-state index contributed by atoms with van der Waals surface area (Å²) in [4.78, 5) is 21.9. The third kappa shape index (κ3) is 6.27. The van der Waals surface area contributed by atoms with Gasteiger partial charge < -0.3 is 15.7 Å². The average molecular weight is 254 g/mol. The van der Waals surface area contributed by atoms with Gasteiger partial charge in [-0.3, -0.25) is 4.79 Å². The van der Waals surface area contributed by atoms with Crippen molar-refractivity contribution in [3.63, 3.8) is 0 Å². The molecule has 3 N–H and O–H groups in total. The van der Waals surface area contributed by atoms with Crippen LogP contribution in [0.4, 0.5) is 4.79 Å². The lowest BCUT2D eigenvalue weighted by Crippen LogP contribution is -2.42. The van der Waals surface area contributed by atoms with E-state index in [0.717, 1.165) is 19.3 Å². The van der Waals surface area contributed by atoms with E-state index in [4.69, 9.17) is 5.11 Å². The van der Waals surface area contributed by atoms with Crippen LogP contribution in [-0.2, 0) is 4.79 Å². The Labute approximate surface area is 108 Å². The maximum absolute atomic E-state index is 11.6. The lowest BCUT2D eigenvalue weighted by atomic mass is 9.94. The first-order valence-electron chi connectivity index (χ1n) is 6.49. The molecule has 0 fully saturated rings. The summed E-state index contributed by atoms with van der Waals surface area (Å²) in [6.07, 6.45) is 8.08. The summed E-state index contributed by atoms with van der Waals surface area (Å²) in [6, 6.07) is -0.324. The molecule has 0 radical (unpaired) electrons. The van der Waals surface area contributed by atoms with E-state index in [0.29, 0.717) is 18.9 Å². The van der Waals surface area contributed by atoms with Crippen molar-refractivity contribution in [2.75, 3.05) is 6.54 Å². The van der Waals surface area contributed by atoms with Crippen LogP contribution < -0.4 is 10.6 Å². The number of urea groups is 1. The Morgan fingerprint density at radius 2 is 2.22 bits per heavy atom. The van der Waals surface area contributed by atoms with Crippen molar-refractivity contribution in [2.45, 2.75) is 45.1 Å². The summed E-state index contributed by atoms with van der Waals surface area (Å²) in [5.41, 5.74) is 0. The predicted octanol–water partition coefficient (Wildman–Crippen LogP) is 1.90. The number of aliphatic carboxylic acids is 1. The zero-order valence-electron chi connectivity index (χ0n) is 10.8. The van der Waals surface area contributed by atoms with Gasteiger partial charge in [0.05, 0.1) is 0 Å². The molecule has 0 heterocycles. The fourth-order valence-electron chi connectivity index (χ4n) is 1.97. The summed E-state index contributed by atoms with van der Waals surface area (Å²) in [7, 11) is 0. The Morgan fingerprint density at radius 1 is 1.44 bits per heavy atom. The SMILES string of the molecule is CC(CCC(=O)O)NC(=O)NCC1CC=CCC1. The van der Waals surface area contributed by atoms with Crippen LogP contribution in [0.1, 0.15) is 39.0 Å². The van der Waals surface area contributed by atoms with Gasteiger partial charge >= 0.3 is 12.0 Å². The van der Waals surface area contributed by atoms with Gasteiger partial charge in [-0.05, 0) is 38.5 Å². The molecule has 1 aliphatic rings. The molecule has 0 aromatic heterocycles. The predicted molar refractivity (Wildman–Crippen MR) is 69.3 cm³/mol. The zero-order chi connectivity index (χ0) is 13.4. The van der Waals surface area contributed by atoms with Gasteiger partial charge in [0.15, 0.2) is 0 Å². The third-order valence-corrected chi connectivity index (χ3v) is 3.10. The molecule has 0 aliphatic heterocycles. The van der Waals surface area contributed by atoms with Crippen LogP contribution in [0.5, 0.6) is 0 Å². The Bertz CT molecular complexity index is 315. The maximum Gasteiger partial charge on any atom is 0.315 e. The third-order valence-electron chi connectivity index (χ3n) is 3.10. The topological polar surface area (TPSA) is 78.4 Å². The van der Waals surface area contributed by atoms with Gasteiger partial charge in [0.1, 0.15) is 0 Å². The highest BCUT2D eigenvalue weighted by atomic mass is 16.4. The van der Waals surface area contributed by atoms with Crippen molar-refractivity contribution < 1.29 is 14.7 Å². The molecule has 0 saturated heterocycles. The van der Waals surface area contributed by atoms with E-state index in [9.17, 15) is 9.59 Å². The summed E-state index contributed by atoms with van der Waals surface area (Å²) < 4.78 is 0. The van der Waals surface area contributed by atoms with Crippen molar-refractivity contribution in [2.24, 2.45) is 5.92 Å². The minimum absolute atomic E-state index is 0.0782. The highest BCUT2D eigenvalue weighted by molar-refractivity contribution is 5.74. The molecular weight excluding hydrogens is 232 g/mol. The lowest BCUT2D eigenvalue weighted by Gasteiger charge is -2.19. The standard InChI is InChI=1S/C13H22N2O3/c1-10(7-8-12(16)17)15-13(18)14-9-11-5-3-2-4-6-11/h2-3,10-11H,4-9H2,1H3,(H,16,17)(H2,14,15,18). The number of allylic oxidation sites excluding steroid dienone is 2. The maximum atomic E-state index is 11.6. The van der Waals surface area contributed by atoms with Gasteiger partial charge in [0.25, 0.3) is 0 Å². The molecule has 1 rings (SSSR count). The first kappa shape index (κ1) is 14.5. The van der Waals surface area contributed by atoms with E-state index in [2.05, 4.69) is 22.8 Å². The number of amides is 2. The molecule has 2 atom stereocenters. The second kappa shape index (κ2) is 7.74. The van der Waals surface area contributed by atoms with Crippen molar-refractivity contribution in [3.8, 4) is 0 Å². The number of rotatable bonds is 6. The number of carboxylic acids is 1. The minimum Gasteiger partial charge on any atom is -0.481 e. The monoisotopic (exact) mass is 254 g/mol. The Morgan fingerprint density at radius 3 is 2.83 bits per heavy atom. The number of hydrogen-bond donors (Lipinski definition) is 3. The van der Waals surface area contributed by atoms with Crippen LogP contribution in [0.3, 0.4) is 0 Å². The van der Waals surface area contributed by atoms with Crippen LogP contribution >= 0.6 is 0 Å². The van der Waals surface area contributed by atoms with Crippen LogP contribution in [0, 0.1) is 5.92 Å². The summed E-state index contributed by atoms with van der Waals surface area (Å²) >= 11 is 0. The summed E-state index contributed by atoms with van der Waals surface area (Å²) in [5, 5.41) is 14.1. The van der Waals surface area contributed by atoms with E-state index in [1.807, 2.05) is 6.92 Å². The lowest BCUT2D eigenvalue weighted by molar-refractivity contribution is -0.137. The van der Waals surface area contributed by atoms with Crippen molar-refractivity contribution in [3.05, 3.63) is 12.2 Å². The second-order valence-corrected chi connectivity index (χ2v) is 4.84. The van der Waals surface area contributed by atoms with Gasteiger partial charge in [-0.25, -0.2) is 4.79 Å². The van der Waals surface area contributed by atoms with Crippen molar-refractivity contribution >= 4 is 12.0 Å². The minimum atomic E-state index is -0.835. The van der Waals surface area contributed by atoms with Gasteiger partial charge in [-0.2, -0.15) is 0 Å². The largest absolute Gasteiger partial charge is 0.481 e. The summed E-state index contributed by atoms with van der Waals surface area (Å²) in [5.74, 6) is -0.312. The zero-order valence-corrected chi connectivity index (χ0v) is 10.8. The molecule has 0 saturated carbocycles. The molecule has 0 aromatic carbocycles. The Balaban J connectivity index is 2.12. The number of hydrogen-bond acceptors (Lipinski definition) is 2. The smallest absolute Gasteiger partial charge is 0.315 e. The van der Waals surface area contributed by atoms with Gasteiger partial charge in [-0.1, -0.05) is 12.2 Å². The van der Waals surface area contributed by atoms with Crippen molar-refractivity contribution in [1.82, 2.24) is 10.6 Å². The molecular formula is C13H22N2O3. The first-order valence-corrected chi connectivity index (χ1v) is 6.49. The van der Waals surface area contributed by atoms with Crippen LogP contribution in [0.2, 0.25) is 0 Å². The Kier molecular flexibility index (Phi) is 6.25. The molecule has 0 bridgehead atoms. The molecule has 0 aromatic rings. The number of carboxylic acid groups (broad SMARTS) is 1. The van der Waals surface area contributed by atoms with E-state index < -0.39 is 5.97 Å². The fraction of sp³-hybridized carbons (Fsp3) is 0.692. The van der Waals surface area contributed by atoms with E-state index in [-0.39, 0.29) is 18.5 Å². The Hall–Kier alpha value is -1.52. The molecule has 2 amide bonds. The van der Waals surface area contributed by atoms with Gasteiger partial charge in [0, 0.05) is 19.0 Å². The van der Waals surface area contributed by atoms with E-state index in [1.165, 1.54) is 0 Å². The molecule has 5 nitrogen and oxygen atoms in total. The highest BCUT2D eigenvalue weighted by Gasteiger charge is 2.12. The van der Waals surface area contributed by atoms with Crippen molar-refractivity contribution in [1.29, 1.82) is 0 Å².